The fourth-order valence-corrected chi connectivity index (χ4v) is 1.75. The Kier molecular flexibility index (Phi) is 4.69. The summed E-state index contributed by atoms with van der Waals surface area (Å²) in [5.41, 5.74) is -0.788. The van der Waals surface area contributed by atoms with Crippen LogP contribution in [0.15, 0.2) is 18.2 Å². The van der Waals surface area contributed by atoms with E-state index in [0.29, 0.717) is 6.29 Å². The minimum Gasteiger partial charge on any atom is -0.481 e. The average Bonchev–Trinajstić information content (AvgIpc) is 2.28. The molecule has 6 heteroatoms. The third kappa shape index (κ3) is 4.39. The van der Waals surface area contributed by atoms with Gasteiger partial charge >= 0.3 is 12.1 Å². The molecule has 0 bridgehead atoms. The van der Waals surface area contributed by atoms with E-state index in [2.05, 4.69) is 0 Å². The number of carbonyl (C=O) groups excluding carboxylic acids is 1. The fourth-order valence-electron chi connectivity index (χ4n) is 1.75. The molecule has 104 valence electrons. The van der Waals surface area contributed by atoms with Crippen LogP contribution in [0.5, 0.6) is 0 Å². The minimum atomic E-state index is -4.56. The van der Waals surface area contributed by atoms with Gasteiger partial charge < -0.3 is 9.90 Å². The molecule has 1 atom stereocenters. The zero-order valence-corrected chi connectivity index (χ0v) is 10.2. The standard InChI is InChI=1S/C13H13F3O3/c1-8(7-17)4-10-3-2-9(6-12(18)19)5-11(10)13(14,15)16/h2-3,5,7-8H,4,6H2,1H3,(H,18,19). The number of benzene rings is 1. The van der Waals surface area contributed by atoms with Crippen LogP contribution < -0.4 is 0 Å². The van der Waals surface area contributed by atoms with Crippen LogP contribution in [-0.2, 0) is 28.6 Å². The van der Waals surface area contributed by atoms with E-state index in [9.17, 15) is 22.8 Å². The number of alkyl halides is 3. The van der Waals surface area contributed by atoms with Crippen molar-refractivity contribution in [2.75, 3.05) is 0 Å². The van der Waals surface area contributed by atoms with Gasteiger partial charge in [0.15, 0.2) is 0 Å². The van der Waals surface area contributed by atoms with E-state index in [1.807, 2.05) is 0 Å². The minimum absolute atomic E-state index is 0.00115. The normalized spacial score (nSPS) is 13.1. The molecular weight excluding hydrogens is 261 g/mol. The van der Waals surface area contributed by atoms with E-state index in [-0.39, 0.29) is 17.5 Å². The van der Waals surface area contributed by atoms with Crippen molar-refractivity contribution in [1.29, 1.82) is 0 Å². The summed E-state index contributed by atoms with van der Waals surface area (Å²) in [6.07, 6.45) is -4.46. The third-order valence-electron chi connectivity index (χ3n) is 2.61. The summed E-state index contributed by atoms with van der Waals surface area (Å²) in [5.74, 6) is -1.71. The Labute approximate surface area is 108 Å². The zero-order chi connectivity index (χ0) is 14.6. The smallest absolute Gasteiger partial charge is 0.416 e. The Morgan fingerprint density at radius 3 is 2.53 bits per heavy atom. The molecule has 0 aliphatic heterocycles. The molecule has 1 N–H and O–H groups in total. The van der Waals surface area contributed by atoms with Crippen LogP contribution in [0.4, 0.5) is 13.2 Å². The summed E-state index contributed by atoms with van der Waals surface area (Å²) in [7, 11) is 0. The van der Waals surface area contributed by atoms with E-state index in [1.54, 1.807) is 0 Å². The van der Waals surface area contributed by atoms with Crippen molar-refractivity contribution in [3.63, 3.8) is 0 Å². The van der Waals surface area contributed by atoms with Gasteiger partial charge in [-0.05, 0) is 23.6 Å². The third-order valence-corrected chi connectivity index (χ3v) is 2.61. The van der Waals surface area contributed by atoms with Crippen LogP contribution >= 0.6 is 0 Å². The molecule has 0 radical (unpaired) electrons. The Morgan fingerprint density at radius 2 is 2.05 bits per heavy atom. The summed E-state index contributed by atoms with van der Waals surface area (Å²) < 4.78 is 38.7. The van der Waals surface area contributed by atoms with Gasteiger partial charge in [-0.2, -0.15) is 13.2 Å². The Balaban J connectivity index is 3.17. The van der Waals surface area contributed by atoms with Gasteiger partial charge in [-0.15, -0.1) is 0 Å². The van der Waals surface area contributed by atoms with Crippen molar-refractivity contribution in [2.24, 2.45) is 5.92 Å². The first-order chi connectivity index (χ1) is 8.74. The number of rotatable bonds is 5. The molecule has 0 amide bonds. The van der Waals surface area contributed by atoms with Crippen LogP contribution in [0.1, 0.15) is 23.6 Å². The highest BCUT2D eigenvalue weighted by atomic mass is 19.4. The molecule has 1 aromatic carbocycles. The van der Waals surface area contributed by atoms with E-state index >= 15 is 0 Å². The molecule has 0 aliphatic rings. The van der Waals surface area contributed by atoms with E-state index in [4.69, 9.17) is 5.11 Å². The van der Waals surface area contributed by atoms with Gasteiger partial charge in [-0.25, -0.2) is 0 Å². The van der Waals surface area contributed by atoms with E-state index in [0.717, 1.165) is 6.07 Å². The van der Waals surface area contributed by atoms with Crippen molar-refractivity contribution in [2.45, 2.75) is 25.9 Å². The van der Waals surface area contributed by atoms with E-state index in [1.165, 1.54) is 19.1 Å². The number of carbonyl (C=O) groups is 2. The maximum atomic E-state index is 12.9. The molecule has 0 saturated carbocycles. The number of halogens is 3. The molecule has 1 unspecified atom stereocenters. The second-order valence-corrected chi connectivity index (χ2v) is 4.38. The summed E-state index contributed by atoms with van der Waals surface area (Å²) >= 11 is 0. The quantitative estimate of drug-likeness (QED) is 0.840. The van der Waals surface area contributed by atoms with Gasteiger partial charge in [-0.1, -0.05) is 19.1 Å². The molecule has 3 nitrogen and oxygen atoms in total. The van der Waals surface area contributed by atoms with Crippen molar-refractivity contribution in [3.05, 3.63) is 34.9 Å². The van der Waals surface area contributed by atoms with Crippen LogP contribution in [0, 0.1) is 5.92 Å². The molecule has 1 aromatic rings. The number of carboxylic acids is 1. The molecule has 0 aromatic heterocycles. The molecule has 0 fully saturated rings. The van der Waals surface area contributed by atoms with Gasteiger partial charge in [0.25, 0.3) is 0 Å². The first-order valence-corrected chi connectivity index (χ1v) is 5.60. The number of aliphatic carboxylic acids is 1. The average molecular weight is 274 g/mol. The largest absolute Gasteiger partial charge is 0.481 e. The van der Waals surface area contributed by atoms with Gasteiger partial charge in [0.2, 0.25) is 0 Å². The molecule has 1 rings (SSSR count). The Bertz CT molecular complexity index is 481. The van der Waals surface area contributed by atoms with Gasteiger partial charge in [-0.3, -0.25) is 4.79 Å². The topological polar surface area (TPSA) is 54.4 Å². The van der Waals surface area contributed by atoms with Crippen molar-refractivity contribution in [1.82, 2.24) is 0 Å². The lowest BCUT2D eigenvalue weighted by Gasteiger charge is -2.15. The molecular formula is C13H13F3O3. The Hall–Kier alpha value is -1.85. The first kappa shape index (κ1) is 15.2. The zero-order valence-electron chi connectivity index (χ0n) is 10.2. The molecule has 19 heavy (non-hydrogen) atoms. The molecule has 0 heterocycles. The number of hydrogen-bond acceptors (Lipinski definition) is 2. The second kappa shape index (κ2) is 5.86. The molecule has 0 saturated heterocycles. The summed E-state index contributed by atoms with van der Waals surface area (Å²) in [5, 5.41) is 8.59. The highest BCUT2D eigenvalue weighted by Crippen LogP contribution is 2.33. The van der Waals surface area contributed by atoms with Gasteiger partial charge in [0.1, 0.15) is 6.29 Å². The SMILES string of the molecule is CC(C=O)Cc1ccc(CC(=O)O)cc1C(F)(F)F. The highest BCUT2D eigenvalue weighted by molar-refractivity contribution is 5.70. The van der Waals surface area contributed by atoms with Crippen LogP contribution in [0.2, 0.25) is 0 Å². The van der Waals surface area contributed by atoms with Crippen molar-refractivity contribution in [3.8, 4) is 0 Å². The van der Waals surface area contributed by atoms with Gasteiger partial charge in [0, 0.05) is 5.92 Å². The highest BCUT2D eigenvalue weighted by Gasteiger charge is 2.33. The van der Waals surface area contributed by atoms with Crippen molar-refractivity contribution >= 4 is 12.3 Å². The number of carboxylic acid groups (broad SMARTS) is 1. The fraction of sp³-hybridized carbons (Fsp3) is 0.385. The molecule has 0 aliphatic carbocycles. The lowest BCUT2D eigenvalue weighted by Crippen LogP contribution is -2.13. The maximum absolute atomic E-state index is 12.9. The number of aldehydes is 1. The van der Waals surface area contributed by atoms with Gasteiger partial charge in [0.05, 0.1) is 12.0 Å². The summed E-state index contributed by atoms with van der Waals surface area (Å²) in [6, 6.07) is 3.41. The van der Waals surface area contributed by atoms with E-state index < -0.39 is 30.0 Å². The summed E-state index contributed by atoms with van der Waals surface area (Å²) in [6.45, 7) is 1.53. The lowest BCUT2D eigenvalue weighted by atomic mass is 9.95. The predicted octanol–water partition coefficient (Wildman–Crippen LogP) is 2.71. The molecule has 0 spiro atoms. The maximum Gasteiger partial charge on any atom is 0.416 e. The van der Waals surface area contributed by atoms with Crippen molar-refractivity contribution < 1.29 is 27.9 Å². The number of hydrogen-bond donors (Lipinski definition) is 1. The second-order valence-electron chi connectivity index (χ2n) is 4.38. The van der Waals surface area contributed by atoms with Crippen LogP contribution in [-0.4, -0.2) is 17.4 Å². The monoisotopic (exact) mass is 274 g/mol. The lowest BCUT2D eigenvalue weighted by molar-refractivity contribution is -0.139. The van der Waals surface area contributed by atoms with Crippen LogP contribution in [0.25, 0.3) is 0 Å². The first-order valence-electron chi connectivity index (χ1n) is 5.60. The van der Waals surface area contributed by atoms with Crippen LogP contribution in [0.3, 0.4) is 0 Å². The summed E-state index contributed by atoms with van der Waals surface area (Å²) in [4.78, 5) is 21.0. The Morgan fingerprint density at radius 1 is 1.42 bits per heavy atom. The predicted molar refractivity (Wildman–Crippen MR) is 61.7 cm³/mol.